The number of amides is 1. The van der Waals surface area contributed by atoms with Crippen molar-refractivity contribution < 1.29 is 33.0 Å². The molecule has 0 aliphatic rings. The number of ether oxygens (including phenoxy) is 2. The minimum Gasteiger partial charge on any atom is -0.467 e. The molecule has 0 heterocycles. The van der Waals surface area contributed by atoms with Gasteiger partial charge in [0.05, 0.1) is 20.1 Å². The normalized spacial score (nSPS) is 11.9. The van der Waals surface area contributed by atoms with E-state index in [1.54, 1.807) is 0 Å². The van der Waals surface area contributed by atoms with Gasteiger partial charge < -0.3 is 19.9 Å². The van der Waals surface area contributed by atoms with Crippen LogP contribution >= 0.6 is 0 Å². The average Bonchev–Trinajstić information content (AvgIpc) is 2.45. The highest BCUT2D eigenvalue weighted by Crippen LogP contribution is 2.15. The second-order valence-electron chi connectivity index (χ2n) is 4.03. The molecule has 0 saturated heterocycles. The standard InChI is InChI=1S/C13H15F2NO5/c1-20-12(19)10(7-17)16-11(18)6-8-2-4-9(5-3-8)21-13(14)15/h2-5,10,13,17H,6-7H2,1H3,(H,16,18). The maximum absolute atomic E-state index is 12.0. The quantitative estimate of drug-likeness (QED) is 0.716. The highest BCUT2D eigenvalue weighted by atomic mass is 19.3. The van der Waals surface area contributed by atoms with Crippen LogP contribution in [0.5, 0.6) is 5.75 Å². The minimum absolute atomic E-state index is 0.0167. The number of carbonyl (C=O) groups is 2. The van der Waals surface area contributed by atoms with Gasteiger partial charge in [-0.25, -0.2) is 4.79 Å². The fraction of sp³-hybridized carbons (Fsp3) is 0.385. The number of aliphatic hydroxyl groups excluding tert-OH is 1. The zero-order valence-corrected chi connectivity index (χ0v) is 11.2. The van der Waals surface area contributed by atoms with Crippen LogP contribution in [0.15, 0.2) is 24.3 Å². The van der Waals surface area contributed by atoms with Crippen molar-refractivity contribution in [1.29, 1.82) is 0 Å². The van der Waals surface area contributed by atoms with Crippen molar-refractivity contribution in [3.63, 3.8) is 0 Å². The summed E-state index contributed by atoms with van der Waals surface area (Å²) in [5, 5.41) is 11.3. The van der Waals surface area contributed by atoms with Crippen LogP contribution in [0.2, 0.25) is 0 Å². The van der Waals surface area contributed by atoms with Crippen LogP contribution in [0.25, 0.3) is 0 Å². The first-order valence-corrected chi connectivity index (χ1v) is 5.98. The van der Waals surface area contributed by atoms with E-state index in [2.05, 4.69) is 14.8 Å². The first-order chi connectivity index (χ1) is 9.96. The van der Waals surface area contributed by atoms with E-state index < -0.39 is 31.1 Å². The van der Waals surface area contributed by atoms with Crippen molar-refractivity contribution >= 4 is 11.9 Å². The fourth-order valence-corrected chi connectivity index (χ4v) is 1.54. The molecule has 0 aromatic heterocycles. The maximum Gasteiger partial charge on any atom is 0.387 e. The van der Waals surface area contributed by atoms with Crippen LogP contribution in [0, 0.1) is 0 Å². The van der Waals surface area contributed by atoms with Crippen molar-refractivity contribution in [2.24, 2.45) is 0 Å². The molecule has 0 aliphatic heterocycles. The number of nitrogens with one attached hydrogen (secondary N) is 1. The Bertz CT molecular complexity index is 478. The Labute approximate surface area is 119 Å². The van der Waals surface area contributed by atoms with Crippen LogP contribution in [0.4, 0.5) is 8.78 Å². The van der Waals surface area contributed by atoms with Gasteiger partial charge in [0.2, 0.25) is 5.91 Å². The van der Waals surface area contributed by atoms with Gasteiger partial charge in [-0.15, -0.1) is 0 Å². The molecular formula is C13H15F2NO5. The lowest BCUT2D eigenvalue weighted by Gasteiger charge is -2.13. The number of hydrogen-bond donors (Lipinski definition) is 2. The number of benzene rings is 1. The van der Waals surface area contributed by atoms with Gasteiger partial charge in [-0.3, -0.25) is 4.79 Å². The molecule has 1 aromatic carbocycles. The summed E-state index contributed by atoms with van der Waals surface area (Å²) in [5.41, 5.74) is 0.538. The Morgan fingerprint density at radius 2 is 1.90 bits per heavy atom. The number of rotatable bonds is 7. The largest absolute Gasteiger partial charge is 0.467 e. The lowest BCUT2D eigenvalue weighted by atomic mass is 10.1. The predicted molar refractivity (Wildman–Crippen MR) is 67.8 cm³/mol. The van der Waals surface area contributed by atoms with E-state index in [-0.39, 0.29) is 12.2 Å². The SMILES string of the molecule is COC(=O)C(CO)NC(=O)Cc1ccc(OC(F)F)cc1. The van der Waals surface area contributed by atoms with Crippen LogP contribution in [-0.2, 0) is 20.7 Å². The van der Waals surface area contributed by atoms with E-state index in [9.17, 15) is 18.4 Å². The molecule has 0 saturated carbocycles. The summed E-state index contributed by atoms with van der Waals surface area (Å²) < 4.78 is 32.5. The molecule has 0 bridgehead atoms. The molecule has 1 unspecified atom stereocenters. The topological polar surface area (TPSA) is 84.9 Å². The monoisotopic (exact) mass is 303 g/mol. The molecule has 1 rings (SSSR count). The van der Waals surface area contributed by atoms with Crippen molar-refractivity contribution in [2.45, 2.75) is 19.1 Å². The zero-order chi connectivity index (χ0) is 15.8. The third-order valence-corrected chi connectivity index (χ3v) is 2.52. The number of alkyl halides is 2. The number of carbonyl (C=O) groups excluding carboxylic acids is 2. The summed E-state index contributed by atoms with van der Waals surface area (Å²) in [4.78, 5) is 22.9. The zero-order valence-electron chi connectivity index (χ0n) is 11.2. The molecule has 1 atom stereocenters. The summed E-state index contributed by atoms with van der Waals surface area (Å²) in [7, 11) is 1.14. The molecule has 0 fully saturated rings. The third-order valence-electron chi connectivity index (χ3n) is 2.52. The van der Waals surface area contributed by atoms with Crippen molar-refractivity contribution in [3.8, 4) is 5.75 Å². The summed E-state index contributed by atoms with van der Waals surface area (Å²) in [6, 6.07) is 4.37. The molecule has 6 nitrogen and oxygen atoms in total. The highest BCUT2D eigenvalue weighted by molar-refractivity contribution is 5.85. The molecule has 0 radical (unpaired) electrons. The molecule has 2 N–H and O–H groups in total. The smallest absolute Gasteiger partial charge is 0.387 e. The van der Waals surface area contributed by atoms with Crippen LogP contribution < -0.4 is 10.1 Å². The van der Waals surface area contributed by atoms with Gasteiger partial charge in [0.25, 0.3) is 0 Å². The van der Waals surface area contributed by atoms with E-state index in [0.717, 1.165) is 7.11 Å². The number of methoxy groups -OCH3 is 1. The van der Waals surface area contributed by atoms with Gasteiger partial charge in [0.1, 0.15) is 5.75 Å². The second kappa shape index (κ2) is 8.15. The molecule has 116 valence electrons. The molecule has 0 aliphatic carbocycles. The highest BCUT2D eigenvalue weighted by Gasteiger charge is 2.20. The third kappa shape index (κ3) is 5.74. The second-order valence-corrected chi connectivity index (χ2v) is 4.03. The van der Waals surface area contributed by atoms with Crippen molar-refractivity contribution in [1.82, 2.24) is 5.32 Å². The van der Waals surface area contributed by atoms with Gasteiger partial charge in [-0.2, -0.15) is 8.78 Å². The fourth-order valence-electron chi connectivity index (χ4n) is 1.54. The Balaban J connectivity index is 2.56. The number of esters is 1. The van der Waals surface area contributed by atoms with E-state index in [0.29, 0.717) is 5.56 Å². The first kappa shape index (κ1) is 16.8. The summed E-state index contributed by atoms with van der Waals surface area (Å²) in [6.07, 6.45) is -0.0809. The van der Waals surface area contributed by atoms with Crippen molar-refractivity contribution in [3.05, 3.63) is 29.8 Å². The van der Waals surface area contributed by atoms with Gasteiger partial charge in [-0.05, 0) is 17.7 Å². The Hall–Kier alpha value is -2.22. The van der Waals surface area contributed by atoms with Crippen molar-refractivity contribution in [2.75, 3.05) is 13.7 Å². The molecule has 1 aromatic rings. The Kier molecular flexibility index (Phi) is 6.54. The van der Waals surface area contributed by atoms with Crippen LogP contribution in [0.1, 0.15) is 5.56 Å². The van der Waals surface area contributed by atoms with Gasteiger partial charge in [-0.1, -0.05) is 12.1 Å². The van der Waals surface area contributed by atoms with Gasteiger partial charge >= 0.3 is 12.6 Å². The molecule has 21 heavy (non-hydrogen) atoms. The van der Waals surface area contributed by atoms with Crippen LogP contribution in [0.3, 0.4) is 0 Å². The Morgan fingerprint density at radius 1 is 1.29 bits per heavy atom. The summed E-state index contributed by atoms with van der Waals surface area (Å²) in [6.45, 7) is -3.50. The number of aliphatic hydroxyl groups is 1. The molecule has 8 heteroatoms. The van der Waals surface area contributed by atoms with E-state index in [1.165, 1.54) is 24.3 Å². The number of halogens is 2. The van der Waals surface area contributed by atoms with E-state index >= 15 is 0 Å². The van der Waals surface area contributed by atoms with Gasteiger partial charge in [0.15, 0.2) is 6.04 Å². The van der Waals surface area contributed by atoms with Crippen LogP contribution in [-0.4, -0.2) is 43.4 Å². The first-order valence-electron chi connectivity index (χ1n) is 5.98. The Morgan fingerprint density at radius 3 is 2.38 bits per heavy atom. The summed E-state index contributed by atoms with van der Waals surface area (Å²) in [5.74, 6) is -1.29. The van der Waals surface area contributed by atoms with E-state index in [4.69, 9.17) is 5.11 Å². The molecular weight excluding hydrogens is 288 g/mol. The predicted octanol–water partition coefficient (Wildman–Crippen LogP) is 0.481. The lowest BCUT2D eigenvalue weighted by molar-refractivity contribution is -0.146. The van der Waals surface area contributed by atoms with Gasteiger partial charge in [0, 0.05) is 0 Å². The maximum atomic E-state index is 12.0. The lowest BCUT2D eigenvalue weighted by Crippen LogP contribution is -2.44. The average molecular weight is 303 g/mol. The van der Waals surface area contributed by atoms with E-state index in [1.807, 2.05) is 0 Å². The minimum atomic E-state index is -2.91. The number of hydrogen-bond acceptors (Lipinski definition) is 5. The molecule has 0 spiro atoms. The molecule has 1 amide bonds. The summed E-state index contributed by atoms with van der Waals surface area (Å²) >= 11 is 0.